The lowest BCUT2D eigenvalue weighted by Gasteiger charge is -2.59. The third-order valence-electron chi connectivity index (χ3n) is 10.6. The molecule has 1 nitrogen and oxygen atoms in total. The summed E-state index contributed by atoms with van der Waals surface area (Å²) in [5.74, 6) is 5.81. The van der Waals surface area contributed by atoms with Gasteiger partial charge >= 0.3 is 0 Å². The van der Waals surface area contributed by atoms with Crippen molar-refractivity contribution >= 4 is 5.78 Å². The number of hydrogen-bond donors (Lipinski definition) is 0. The van der Waals surface area contributed by atoms with Crippen LogP contribution in [0.5, 0.6) is 0 Å². The summed E-state index contributed by atoms with van der Waals surface area (Å²) in [6.45, 7) is 14.7. The minimum atomic E-state index is 0.323. The van der Waals surface area contributed by atoms with E-state index >= 15 is 0 Å². The standard InChI is InChI=1S/C28H46O/c1-18(2)8-7-9-19(3)22-12-13-24-21-10-11-23-20(4)26(29)15-17-28(23,6)25(21)14-16-27(22,24)5/h18-19,21-22,24-25H,7-17H2,1-6H3/t19-,21+,22-,24+,25+,27-,28+/m1/s1. The Morgan fingerprint density at radius 2 is 1.69 bits per heavy atom. The largest absolute Gasteiger partial charge is 0.295 e. The number of allylic oxidation sites excluding steroid dienone is 1. The molecule has 0 unspecified atom stereocenters. The van der Waals surface area contributed by atoms with Gasteiger partial charge in [0.1, 0.15) is 0 Å². The van der Waals surface area contributed by atoms with Gasteiger partial charge in [0.15, 0.2) is 5.78 Å². The lowest BCUT2D eigenvalue weighted by molar-refractivity contribution is -0.118. The first kappa shape index (κ1) is 21.6. The van der Waals surface area contributed by atoms with E-state index in [-0.39, 0.29) is 0 Å². The number of carbonyl (C=O) groups is 1. The Morgan fingerprint density at radius 3 is 2.41 bits per heavy atom. The Hall–Kier alpha value is -0.590. The molecule has 4 rings (SSSR count). The van der Waals surface area contributed by atoms with Crippen molar-refractivity contribution in [3.05, 3.63) is 11.1 Å². The van der Waals surface area contributed by atoms with Gasteiger partial charge in [-0.25, -0.2) is 0 Å². The summed E-state index contributed by atoms with van der Waals surface area (Å²) in [5, 5.41) is 0. The maximum Gasteiger partial charge on any atom is 0.158 e. The molecule has 0 N–H and O–H groups in total. The van der Waals surface area contributed by atoms with Crippen LogP contribution in [0.15, 0.2) is 11.1 Å². The summed E-state index contributed by atoms with van der Waals surface area (Å²) in [7, 11) is 0. The van der Waals surface area contributed by atoms with Crippen molar-refractivity contribution in [3.8, 4) is 0 Å². The second-order valence-corrected chi connectivity index (χ2v) is 12.4. The van der Waals surface area contributed by atoms with Gasteiger partial charge in [0.25, 0.3) is 0 Å². The first-order chi connectivity index (χ1) is 13.7. The van der Waals surface area contributed by atoms with Crippen LogP contribution in [0.3, 0.4) is 0 Å². The van der Waals surface area contributed by atoms with Crippen LogP contribution in [0.4, 0.5) is 0 Å². The highest BCUT2D eigenvalue weighted by atomic mass is 16.1. The molecule has 4 aliphatic carbocycles. The number of carbonyl (C=O) groups excluding carboxylic acids is 1. The average molecular weight is 399 g/mol. The highest BCUT2D eigenvalue weighted by molar-refractivity contribution is 5.96. The Bertz CT molecular complexity index is 672. The molecule has 164 valence electrons. The molecular formula is C28H46O. The Morgan fingerprint density at radius 1 is 0.931 bits per heavy atom. The molecule has 0 radical (unpaired) electrons. The Kier molecular flexibility index (Phi) is 5.84. The van der Waals surface area contributed by atoms with Crippen LogP contribution in [0.2, 0.25) is 0 Å². The van der Waals surface area contributed by atoms with E-state index in [1.807, 2.05) is 0 Å². The molecule has 0 heterocycles. The van der Waals surface area contributed by atoms with Crippen LogP contribution < -0.4 is 0 Å². The first-order valence-corrected chi connectivity index (χ1v) is 12.9. The minimum Gasteiger partial charge on any atom is -0.295 e. The van der Waals surface area contributed by atoms with E-state index in [2.05, 4.69) is 41.5 Å². The van der Waals surface area contributed by atoms with E-state index in [1.54, 1.807) is 5.57 Å². The molecular weight excluding hydrogens is 352 g/mol. The van der Waals surface area contributed by atoms with Crippen LogP contribution >= 0.6 is 0 Å². The molecule has 0 spiro atoms. The molecule has 0 aromatic heterocycles. The summed E-state index contributed by atoms with van der Waals surface area (Å²) < 4.78 is 0. The second-order valence-electron chi connectivity index (χ2n) is 12.4. The molecule has 29 heavy (non-hydrogen) atoms. The van der Waals surface area contributed by atoms with Crippen molar-refractivity contribution in [1.29, 1.82) is 0 Å². The maximum atomic E-state index is 12.4. The van der Waals surface area contributed by atoms with Crippen LogP contribution in [0.25, 0.3) is 0 Å². The monoisotopic (exact) mass is 398 g/mol. The SMILES string of the molecule is CC1=C2CC[C@H]3[C@@H]4CC[C@H]([C@H](C)CCCC(C)C)[C@@]4(C)CC[C@@H]3[C@@]2(C)CCC1=O. The molecule has 3 fully saturated rings. The van der Waals surface area contributed by atoms with Gasteiger partial charge in [-0.3, -0.25) is 4.79 Å². The average Bonchev–Trinajstić information content (AvgIpc) is 3.02. The minimum absolute atomic E-state index is 0.323. The zero-order valence-corrected chi connectivity index (χ0v) is 20.2. The fraction of sp³-hybridized carbons (Fsp3) is 0.893. The van der Waals surface area contributed by atoms with E-state index in [0.29, 0.717) is 16.6 Å². The number of fused-ring (bicyclic) bond motifs is 5. The van der Waals surface area contributed by atoms with E-state index in [0.717, 1.165) is 53.9 Å². The summed E-state index contributed by atoms with van der Waals surface area (Å²) in [6, 6.07) is 0. The van der Waals surface area contributed by atoms with Crippen LogP contribution in [-0.2, 0) is 4.79 Å². The van der Waals surface area contributed by atoms with Crippen molar-refractivity contribution in [1.82, 2.24) is 0 Å². The molecule has 0 amide bonds. The predicted molar refractivity (Wildman–Crippen MR) is 123 cm³/mol. The molecule has 7 atom stereocenters. The third-order valence-corrected chi connectivity index (χ3v) is 10.6. The van der Waals surface area contributed by atoms with Gasteiger partial charge in [-0.15, -0.1) is 0 Å². The van der Waals surface area contributed by atoms with E-state index in [9.17, 15) is 4.79 Å². The Balaban J connectivity index is 1.52. The van der Waals surface area contributed by atoms with Gasteiger partial charge in [0.05, 0.1) is 0 Å². The quantitative estimate of drug-likeness (QED) is 0.458. The molecule has 0 aromatic carbocycles. The highest BCUT2D eigenvalue weighted by Gasteiger charge is 2.59. The van der Waals surface area contributed by atoms with Crippen LogP contribution in [-0.4, -0.2) is 5.78 Å². The van der Waals surface area contributed by atoms with E-state index < -0.39 is 0 Å². The summed E-state index contributed by atoms with van der Waals surface area (Å²) in [6.07, 6.45) is 14.5. The lowest BCUT2D eigenvalue weighted by Crippen LogP contribution is -2.51. The van der Waals surface area contributed by atoms with Gasteiger partial charge in [0.2, 0.25) is 0 Å². The van der Waals surface area contributed by atoms with Gasteiger partial charge in [-0.1, -0.05) is 59.5 Å². The van der Waals surface area contributed by atoms with E-state index in [4.69, 9.17) is 0 Å². The smallest absolute Gasteiger partial charge is 0.158 e. The second kappa shape index (κ2) is 7.83. The van der Waals surface area contributed by atoms with Gasteiger partial charge in [-0.05, 0) is 104 Å². The molecule has 0 aromatic rings. The van der Waals surface area contributed by atoms with Crippen molar-refractivity contribution < 1.29 is 4.79 Å². The third kappa shape index (κ3) is 3.47. The van der Waals surface area contributed by atoms with Gasteiger partial charge < -0.3 is 0 Å². The molecule has 0 saturated heterocycles. The number of rotatable bonds is 5. The fourth-order valence-corrected chi connectivity index (χ4v) is 9.01. The molecule has 0 bridgehead atoms. The first-order valence-electron chi connectivity index (χ1n) is 12.9. The number of ketones is 1. The summed E-state index contributed by atoms with van der Waals surface area (Å²) in [5.41, 5.74) is 3.61. The van der Waals surface area contributed by atoms with Crippen molar-refractivity contribution in [2.45, 2.75) is 112 Å². The van der Waals surface area contributed by atoms with Crippen molar-refractivity contribution in [3.63, 3.8) is 0 Å². The van der Waals surface area contributed by atoms with Crippen molar-refractivity contribution in [2.24, 2.45) is 46.3 Å². The van der Waals surface area contributed by atoms with Gasteiger partial charge in [0, 0.05) is 6.42 Å². The Labute approximate surface area is 180 Å². The summed E-state index contributed by atoms with van der Waals surface area (Å²) in [4.78, 5) is 12.4. The zero-order chi connectivity index (χ0) is 21.0. The normalized spacial score (nSPS) is 43.2. The van der Waals surface area contributed by atoms with Crippen LogP contribution in [0, 0.1) is 46.3 Å². The van der Waals surface area contributed by atoms with Crippen molar-refractivity contribution in [2.75, 3.05) is 0 Å². The van der Waals surface area contributed by atoms with E-state index in [1.165, 1.54) is 57.8 Å². The number of hydrogen-bond acceptors (Lipinski definition) is 1. The number of Topliss-reactive ketones (excluding diaryl/α,β-unsaturated/α-hetero) is 1. The molecule has 4 aliphatic rings. The fourth-order valence-electron chi connectivity index (χ4n) is 9.01. The van der Waals surface area contributed by atoms with Gasteiger partial charge in [-0.2, -0.15) is 0 Å². The highest BCUT2D eigenvalue weighted by Crippen LogP contribution is 2.68. The summed E-state index contributed by atoms with van der Waals surface area (Å²) >= 11 is 0. The lowest BCUT2D eigenvalue weighted by atomic mass is 9.46. The predicted octanol–water partition coefficient (Wildman–Crippen LogP) is 7.99. The topological polar surface area (TPSA) is 17.1 Å². The molecule has 3 saturated carbocycles. The zero-order valence-electron chi connectivity index (χ0n) is 20.2. The molecule has 0 aliphatic heterocycles. The van der Waals surface area contributed by atoms with Crippen LogP contribution in [0.1, 0.15) is 112 Å². The molecule has 1 heteroatoms. The maximum absolute atomic E-state index is 12.4.